The fourth-order valence-corrected chi connectivity index (χ4v) is 2.49. The zero-order chi connectivity index (χ0) is 14.5. The number of halogens is 1. The topological polar surface area (TPSA) is 75.3 Å². The number of nitrogen functional groups attached to an aromatic ring is 1. The molecule has 0 spiro atoms. The second-order valence-electron chi connectivity index (χ2n) is 4.06. The zero-order valence-electron chi connectivity index (χ0n) is 10.5. The van der Waals surface area contributed by atoms with Gasteiger partial charge in [0.25, 0.3) is 5.91 Å². The first-order valence-corrected chi connectivity index (χ1v) is 6.80. The SMILES string of the molecule is NNC(=O)c1ccc(F)c(CSc2ccc(O)cc2)c1. The third kappa shape index (κ3) is 3.49. The minimum absolute atomic E-state index is 0.183. The number of benzene rings is 2. The van der Waals surface area contributed by atoms with E-state index < -0.39 is 5.91 Å². The van der Waals surface area contributed by atoms with Crippen LogP contribution in [-0.2, 0) is 5.75 Å². The van der Waals surface area contributed by atoms with E-state index in [0.29, 0.717) is 16.9 Å². The number of hydrazine groups is 1. The molecule has 104 valence electrons. The number of hydrogen-bond acceptors (Lipinski definition) is 4. The van der Waals surface area contributed by atoms with E-state index in [9.17, 15) is 14.3 Å². The van der Waals surface area contributed by atoms with E-state index in [1.54, 1.807) is 24.3 Å². The molecule has 4 N–H and O–H groups in total. The third-order valence-corrected chi connectivity index (χ3v) is 3.73. The van der Waals surface area contributed by atoms with E-state index in [-0.39, 0.29) is 11.6 Å². The Morgan fingerprint density at radius 2 is 1.95 bits per heavy atom. The van der Waals surface area contributed by atoms with Crippen molar-refractivity contribution in [3.8, 4) is 5.75 Å². The van der Waals surface area contributed by atoms with Crippen LogP contribution in [0.4, 0.5) is 4.39 Å². The summed E-state index contributed by atoms with van der Waals surface area (Å²) in [6, 6.07) is 10.7. The lowest BCUT2D eigenvalue weighted by Gasteiger charge is -2.06. The van der Waals surface area contributed by atoms with Crippen LogP contribution in [0.2, 0.25) is 0 Å². The fourth-order valence-electron chi connectivity index (χ4n) is 1.61. The molecule has 0 fully saturated rings. The maximum Gasteiger partial charge on any atom is 0.265 e. The molecule has 0 bridgehead atoms. The van der Waals surface area contributed by atoms with Gasteiger partial charge in [-0.3, -0.25) is 10.2 Å². The Kier molecular flexibility index (Phi) is 4.60. The van der Waals surface area contributed by atoms with Gasteiger partial charge in [-0.05, 0) is 48.0 Å². The van der Waals surface area contributed by atoms with Crippen LogP contribution >= 0.6 is 11.8 Å². The number of aromatic hydroxyl groups is 1. The van der Waals surface area contributed by atoms with E-state index in [0.717, 1.165) is 4.90 Å². The Bertz CT molecular complexity index is 617. The standard InChI is InChI=1S/C14H13FN2O2S/c15-13-6-1-9(14(19)17-16)7-10(13)8-20-12-4-2-11(18)3-5-12/h1-7,18H,8,16H2,(H,17,19). The van der Waals surface area contributed by atoms with Gasteiger partial charge in [-0.1, -0.05) is 0 Å². The molecule has 0 aliphatic heterocycles. The van der Waals surface area contributed by atoms with Gasteiger partial charge < -0.3 is 5.11 Å². The minimum atomic E-state index is -0.458. The highest BCUT2D eigenvalue weighted by Gasteiger charge is 2.09. The first kappa shape index (κ1) is 14.4. The molecule has 6 heteroatoms. The van der Waals surface area contributed by atoms with Crippen LogP contribution in [0.5, 0.6) is 5.75 Å². The van der Waals surface area contributed by atoms with Crippen LogP contribution in [0.3, 0.4) is 0 Å². The van der Waals surface area contributed by atoms with Crippen LogP contribution in [0.25, 0.3) is 0 Å². The summed E-state index contributed by atoms with van der Waals surface area (Å²) in [6.45, 7) is 0. The minimum Gasteiger partial charge on any atom is -0.508 e. The second kappa shape index (κ2) is 6.40. The molecule has 2 aromatic rings. The zero-order valence-corrected chi connectivity index (χ0v) is 11.3. The van der Waals surface area contributed by atoms with Crippen LogP contribution in [0.15, 0.2) is 47.4 Å². The number of nitrogens with two attached hydrogens (primary N) is 1. The number of rotatable bonds is 4. The van der Waals surface area contributed by atoms with Crippen molar-refractivity contribution in [2.45, 2.75) is 10.6 Å². The third-order valence-electron chi connectivity index (χ3n) is 2.67. The Balaban J connectivity index is 2.12. The van der Waals surface area contributed by atoms with Gasteiger partial charge in [-0.15, -0.1) is 11.8 Å². The second-order valence-corrected chi connectivity index (χ2v) is 5.11. The van der Waals surface area contributed by atoms with Crippen molar-refractivity contribution in [2.75, 3.05) is 0 Å². The summed E-state index contributed by atoms with van der Waals surface area (Å²) >= 11 is 1.41. The Labute approximate surface area is 119 Å². The number of carbonyl (C=O) groups is 1. The number of thioether (sulfide) groups is 1. The van der Waals surface area contributed by atoms with Gasteiger partial charge in [-0.2, -0.15) is 0 Å². The summed E-state index contributed by atoms with van der Waals surface area (Å²) in [4.78, 5) is 12.3. The molecular weight excluding hydrogens is 279 g/mol. The van der Waals surface area contributed by atoms with Crippen molar-refractivity contribution >= 4 is 17.7 Å². The predicted molar refractivity (Wildman–Crippen MR) is 75.7 cm³/mol. The fraction of sp³-hybridized carbons (Fsp3) is 0.0714. The molecule has 0 aliphatic rings. The predicted octanol–water partition coefficient (Wildman–Crippen LogP) is 2.43. The smallest absolute Gasteiger partial charge is 0.265 e. The van der Waals surface area contributed by atoms with Crippen molar-refractivity contribution < 1.29 is 14.3 Å². The molecule has 0 atom stereocenters. The molecule has 0 saturated carbocycles. The highest BCUT2D eigenvalue weighted by Crippen LogP contribution is 2.26. The number of phenolic OH excluding ortho intramolecular Hbond substituents is 1. The van der Waals surface area contributed by atoms with Crippen molar-refractivity contribution in [1.29, 1.82) is 0 Å². The Morgan fingerprint density at radius 1 is 1.25 bits per heavy atom. The average Bonchev–Trinajstić information content (AvgIpc) is 2.47. The van der Waals surface area contributed by atoms with Crippen molar-refractivity contribution in [1.82, 2.24) is 5.43 Å². The van der Waals surface area contributed by atoms with Crippen LogP contribution in [0, 0.1) is 5.82 Å². The molecule has 0 heterocycles. The van der Waals surface area contributed by atoms with Gasteiger partial charge in [0.15, 0.2) is 0 Å². The number of nitrogens with one attached hydrogen (secondary N) is 1. The lowest BCUT2D eigenvalue weighted by Crippen LogP contribution is -2.30. The number of hydrogen-bond donors (Lipinski definition) is 3. The number of phenols is 1. The van der Waals surface area contributed by atoms with E-state index in [1.807, 2.05) is 5.43 Å². The molecule has 0 aliphatic carbocycles. The molecule has 20 heavy (non-hydrogen) atoms. The highest BCUT2D eigenvalue weighted by atomic mass is 32.2. The molecule has 4 nitrogen and oxygen atoms in total. The molecule has 0 unspecified atom stereocenters. The average molecular weight is 292 g/mol. The summed E-state index contributed by atoms with van der Waals surface area (Å²) in [7, 11) is 0. The normalized spacial score (nSPS) is 10.3. The first-order chi connectivity index (χ1) is 9.60. The van der Waals surface area contributed by atoms with E-state index in [2.05, 4.69) is 0 Å². The van der Waals surface area contributed by atoms with E-state index in [1.165, 1.54) is 30.0 Å². The van der Waals surface area contributed by atoms with Crippen molar-refractivity contribution in [3.63, 3.8) is 0 Å². The maximum absolute atomic E-state index is 13.7. The summed E-state index contributed by atoms with van der Waals surface area (Å²) in [5, 5.41) is 9.19. The molecule has 0 radical (unpaired) electrons. The van der Waals surface area contributed by atoms with Gasteiger partial charge in [0, 0.05) is 16.2 Å². The largest absolute Gasteiger partial charge is 0.508 e. The quantitative estimate of drug-likeness (QED) is 0.350. The number of amides is 1. The summed E-state index contributed by atoms with van der Waals surface area (Å²) in [5.74, 6) is 4.78. The van der Waals surface area contributed by atoms with E-state index >= 15 is 0 Å². The molecule has 0 saturated heterocycles. The van der Waals surface area contributed by atoms with Gasteiger partial charge in [0.1, 0.15) is 11.6 Å². The molecule has 1 amide bonds. The van der Waals surface area contributed by atoms with Gasteiger partial charge >= 0.3 is 0 Å². The van der Waals surface area contributed by atoms with Crippen molar-refractivity contribution in [2.24, 2.45) is 5.84 Å². The lowest BCUT2D eigenvalue weighted by molar-refractivity contribution is 0.0953. The Morgan fingerprint density at radius 3 is 2.60 bits per heavy atom. The van der Waals surface area contributed by atoms with Crippen LogP contribution in [0.1, 0.15) is 15.9 Å². The summed E-state index contributed by atoms with van der Waals surface area (Å²) in [6.07, 6.45) is 0. The monoisotopic (exact) mass is 292 g/mol. The highest BCUT2D eigenvalue weighted by molar-refractivity contribution is 7.98. The lowest BCUT2D eigenvalue weighted by atomic mass is 10.1. The first-order valence-electron chi connectivity index (χ1n) is 5.81. The molecule has 0 aromatic heterocycles. The maximum atomic E-state index is 13.7. The summed E-state index contributed by atoms with van der Waals surface area (Å²) < 4.78 is 13.7. The van der Waals surface area contributed by atoms with Gasteiger partial charge in [0.2, 0.25) is 0 Å². The van der Waals surface area contributed by atoms with Crippen molar-refractivity contribution in [3.05, 3.63) is 59.4 Å². The van der Waals surface area contributed by atoms with Crippen LogP contribution < -0.4 is 11.3 Å². The van der Waals surface area contributed by atoms with Crippen LogP contribution in [-0.4, -0.2) is 11.0 Å². The number of carbonyl (C=O) groups excluding carboxylic acids is 1. The molecule has 2 rings (SSSR count). The molecule has 2 aromatic carbocycles. The summed E-state index contributed by atoms with van der Waals surface area (Å²) in [5.41, 5.74) is 2.75. The Hall–Kier alpha value is -2.05. The van der Waals surface area contributed by atoms with Gasteiger partial charge in [0.05, 0.1) is 0 Å². The van der Waals surface area contributed by atoms with Gasteiger partial charge in [-0.25, -0.2) is 10.2 Å². The van der Waals surface area contributed by atoms with E-state index in [4.69, 9.17) is 5.84 Å². The molecular formula is C14H13FN2O2S.